The van der Waals surface area contributed by atoms with E-state index in [9.17, 15) is 4.79 Å². The molecule has 1 N–H and O–H groups in total. The summed E-state index contributed by atoms with van der Waals surface area (Å²) in [5.41, 5.74) is 0.596. The van der Waals surface area contributed by atoms with Crippen LogP contribution in [-0.2, 0) is 0 Å². The normalized spacial score (nSPS) is 10.7. The highest BCUT2D eigenvalue weighted by Crippen LogP contribution is 2.07. The number of fused-ring (bicyclic) bond motifs is 1. The second-order valence-electron chi connectivity index (χ2n) is 4.28. The van der Waals surface area contributed by atoms with Gasteiger partial charge in [-0.15, -0.1) is 5.10 Å². The molecule has 1 amide bonds. The largest absolute Gasteiger partial charge is 0.342 e. The van der Waals surface area contributed by atoms with Gasteiger partial charge in [0.05, 0.1) is 0 Å². The highest BCUT2D eigenvalue weighted by Gasteiger charge is 2.07. The van der Waals surface area contributed by atoms with Crippen molar-refractivity contribution in [2.24, 2.45) is 0 Å². The Morgan fingerprint density at radius 2 is 2.28 bits per heavy atom. The average molecular weight is 246 g/mol. The lowest BCUT2D eigenvalue weighted by Crippen LogP contribution is -2.29. The van der Waals surface area contributed by atoms with Crippen molar-refractivity contribution in [3.05, 3.63) is 24.5 Å². The number of unbranched alkanes of at least 4 members (excludes halogenated alkanes) is 3. The maximum Gasteiger partial charge on any atom is 0.342 e. The molecule has 5 heteroatoms. The fourth-order valence-electron chi connectivity index (χ4n) is 1.79. The fraction of sp³-hybridized carbons (Fsp3) is 0.462. The molecule has 0 aromatic carbocycles. The standard InChI is InChI=1S/C13H18N4O/c1-2-3-4-5-8-15-13(18)17-10-11-7-6-9-14-12(11)16-17/h6-7,9-10H,2-5,8H2,1H3,(H,15,18). The van der Waals surface area contributed by atoms with E-state index in [1.54, 1.807) is 12.4 Å². The van der Waals surface area contributed by atoms with Crippen LogP contribution in [0.3, 0.4) is 0 Å². The van der Waals surface area contributed by atoms with E-state index in [-0.39, 0.29) is 6.03 Å². The van der Waals surface area contributed by atoms with E-state index >= 15 is 0 Å². The summed E-state index contributed by atoms with van der Waals surface area (Å²) in [6.45, 7) is 2.86. The number of hydrogen-bond donors (Lipinski definition) is 1. The predicted molar refractivity (Wildman–Crippen MR) is 70.5 cm³/mol. The van der Waals surface area contributed by atoms with Crippen molar-refractivity contribution in [3.8, 4) is 0 Å². The van der Waals surface area contributed by atoms with E-state index in [0.29, 0.717) is 12.2 Å². The molecule has 96 valence electrons. The van der Waals surface area contributed by atoms with Crippen LogP contribution in [0.2, 0.25) is 0 Å². The number of hydrogen-bond acceptors (Lipinski definition) is 3. The van der Waals surface area contributed by atoms with Crippen LogP contribution < -0.4 is 5.32 Å². The smallest absolute Gasteiger partial charge is 0.336 e. The molecule has 0 saturated heterocycles. The maximum absolute atomic E-state index is 11.8. The van der Waals surface area contributed by atoms with Gasteiger partial charge in [-0.3, -0.25) is 0 Å². The van der Waals surface area contributed by atoms with Gasteiger partial charge in [-0.05, 0) is 18.6 Å². The third-order valence-corrected chi connectivity index (χ3v) is 2.80. The van der Waals surface area contributed by atoms with Gasteiger partial charge in [0, 0.05) is 24.3 Å². The van der Waals surface area contributed by atoms with Crippen molar-refractivity contribution in [3.63, 3.8) is 0 Å². The van der Waals surface area contributed by atoms with E-state index in [1.807, 2.05) is 12.1 Å². The SMILES string of the molecule is CCCCCCNC(=O)n1cc2cccnc2n1. The van der Waals surface area contributed by atoms with Gasteiger partial charge in [0.1, 0.15) is 0 Å². The van der Waals surface area contributed by atoms with Crippen molar-refractivity contribution in [2.75, 3.05) is 6.54 Å². The van der Waals surface area contributed by atoms with Crippen LogP contribution in [-0.4, -0.2) is 27.3 Å². The minimum absolute atomic E-state index is 0.190. The highest BCUT2D eigenvalue weighted by molar-refractivity contribution is 5.82. The summed E-state index contributed by atoms with van der Waals surface area (Å²) in [4.78, 5) is 15.9. The molecule has 0 saturated carbocycles. The summed E-state index contributed by atoms with van der Waals surface area (Å²) in [7, 11) is 0. The molecule has 0 aliphatic carbocycles. The Morgan fingerprint density at radius 3 is 3.06 bits per heavy atom. The van der Waals surface area contributed by atoms with Crippen LogP contribution in [0, 0.1) is 0 Å². The van der Waals surface area contributed by atoms with Gasteiger partial charge in [-0.2, -0.15) is 4.68 Å². The number of nitrogens with zero attached hydrogens (tertiary/aromatic N) is 3. The van der Waals surface area contributed by atoms with E-state index in [0.717, 1.165) is 18.2 Å². The van der Waals surface area contributed by atoms with E-state index in [4.69, 9.17) is 0 Å². The lowest BCUT2D eigenvalue weighted by Gasteiger charge is -2.03. The highest BCUT2D eigenvalue weighted by atomic mass is 16.2. The first-order valence-corrected chi connectivity index (χ1v) is 6.40. The molecule has 0 atom stereocenters. The summed E-state index contributed by atoms with van der Waals surface area (Å²) < 4.78 is 1.32. The van der Waals surface area contributed by atoms with Gasteiger partial charge >= 0.3 is 6.03 Å². The summed E-state index contributed by atoms with van der Waals surface area (Å²) >= 11 is 0. The second-order valence-corrected chi connectivity index (χ2v) is 4.28. The lowest BCUT2D eigenvalue weighted by molar-refractivity contribution is 0.239. The van der Waals surface area contributed by atoms with Crippen LogP contribution in [0.25, 0.3) is 11.0 Å². The molecule has 2 heterocycles. The second kappa shape index (κ2) is 6.14. The summed E-state index contributed by atoms with van der Waals surface area (Å²) in [5.74, 6) is 0. The van der Waals surface area contributed by atoms with Crippen molar-refractivity contribution >= 4 is 17.1 Å². The first-order chi connectivity index (χ1) is 8.81. The van der Waals surface area contributed by atoms with Gasteiger partial charge < -0.3 is 5.32 Å². The number of nitrogens with one attached hydrogen (secondary N) is 1. The van der Waals surface area contributed by atoms with Gasteiger partial charge in [0.15, 0.2) is 5.65 Å². The Morgan fingerprint density at radius 1 is 1.39 bits per heavy atom. The topological polar surface area (TPSA) is 59.8 Å². The molecule has 2 aromatic rings. The zero-order valence-electron chi connectivity index (χ0n) is 10.6. The Hall–Kier alpha value is -1.91. The Bertz CT molecular complexity index is 487. The van der Waals surface area contributed by atoms with Gasteiger partial charge in [-0.25, -0.2) is 9.78 Å². The maximum atomic E-state index is 11.8. The minimum atomic E-state index is -0.190. The number of rotatable bonds is 5. The first-order valence-electron chi connectivity index (χ1n) is 6.40. The third kappa shape index (κ3) is 3.06. The number of pyridine rings is 1. The van der Waals surface area contributed by atoms with Crippen LogP contribution in [0.4, 0.5) is 4.79 Å². The van der Waals surface area contributed by atoms with Crippen molar-refractivity contribution in [1.29, 1.82) is 0 Å². The molecule has 0 aliphatic rings. The summed E-state index contributed by atoms with van der Waals surface area (Å²) in [6.07, 6.45) is 7.94. The first kappa shape index (κ1) is 12.5. The number of amides is 1. The quantitative estimate of drug-likeness (QED) is 0.825. The van der Waals surface area contributed by atoms with Gasteiger partial charge in [0.25, 0.3) is 0 Å². The third-order valence-electron chi connectivity index (χ3n) is 2.80. The zero-order chi connectivity index (χ0) is 12.8. The Balaban J connectivity index is 1.88. The monoisotopic (exact) mass is 246 g/mol. The molecule has 0 fully saturated rings. The van der Waals surface area contributed by atoms with Gasteiger partial charge in [-0.1, -0.05) is 26.2 Å². The minimum Gasteiger partial charge on any atom is -0.336 e. The molecule has 2 aromatic heterocycles. The van der Waals surface area contributed by atoms with Crippen LogP contribution in [0.5, 0.6) is 0 Å². The van der Waals surface area contributed by atoms with E-state index < -0.39 is 0 Å². The van der Waals surface area contributed by atoms with E-state index in [2.05, 4.69) is 22.3 Å². The van der Waals surface area contributed by atoms with Crippen LogP contribution >= 0.6 is 0 Å². The summed E-state index contributed by atoms with van der Waals surface area (Å²) in [5, 5.41) is 7.85. The molecule has 0 unspecified atom stereocenters. The fourth-order valence-corrected chi connectivity index (χ4v) is 1.79. The molecular weight excluding hydrogens is 228 g/mol. The van der Waals surface area contributed by atoms with Crippen LogP contribution in [0.15, 0.2) is 24.5 Å². The molecule has 0 radical (unpaired) electrons. The molecule has 0 bridgehead atoms. The van der Waals surface area contributed by atoms with Crippen molar-refractivity contribution in [2.45, 2.75) is 32.6 Å². The lowest BCUT2D eigenvalue weighted by atomic mass is 10.2. The molecule has 2 rings (SSSR count). The Labute approximate surface area is 106 Å². The predicted octanol–water partition coefficient (Wildman–Crippen LogP) is 2.57. The van der Waals surface area contributed by atoms with E-state index in [1.165, 1.54) is 17.5 Å². The molecule has 5 nitrogen and oxygen atoms in total. The van der Waals surface area contributed by atoms with Gasteiger partial charge in [0.2, 0.25) is 0 Å². The van der Waals surface area contributed by atoms with Crippen LogP contribution in [0.1, 0.15) is 32.6 Å². The molecule has 0 spiro atoms. The zero-order valence-corrected chi connectivity index (χ0v) is 10.6. The molecular formula is C13H18N4O. The van der Waals surface area contributed by atoms with Crippen molar-refractivity contribution in [1.82, 2.24) is 20.1 Å². The van der Waals surface area contributed by atoms with Crippen molar-refractivity contribution < 1.29 is 4.79 Å². The Kier molecular flexibility index (Phi) is 4.28. The molecule has 0 aliphatic heterocycles. The average Bonchev–Trinajstić information content (AvgIpc) is 2.82. The summed E-state index contributed by atoms with van der Waals surface area (Å²) in [6, 6.07) is 3.53. The number of aromatic nitrogens is 3. The molecule has 18 heavy (non-hydrogen) atoms. The number of carbonyl (C=O) groups excluding carboxylic acids is 1. The number of carbonyl (C=O) groups is 1.